The minimum absolute atomic E-state index is 0.0250. The summed E-state index contributed by atoms with van der Waals surface area (Å²) in [6.07, 6.45) is 6.26. The molecule has 3 aromatic rings. The average molecular weight is 442 g/mol. The van der Waals surface area contributed by atoms with E-state index in [0.717, 1.165) is 54.0 Å². The van der Waals surface area contributed by atoms with Gasteiger partial charge in [-0.15, -0.1) is 13.2 Å². The Labute approximate surface area is 198 Å². The first-order chi connectivity index (χ1) is 16.2. The van der Waals surface area contributed by atoms with Crippen molar-refractivity contribution in [2.24, 2.45) is 0 Å². The van der Waals surface area contributed by atoms with Gasteiger partial charge in [-0.05, 0) is 79.9 Å². The molecule has 0 spiro atoms. The van der Waals surface area contributed by atoms with Crippen molar-refractivity contribution in [2.45, 2.75) is 32.3 Å². The zero-order chi connectivity index (χ0) is 23.5. The third-order valence-electron chi connectivity index (χ3n) is 5.56. The summed E-state index contributed by atoms with van der Waals surface area (Å²) in [6, 6.07) is 23.2. The molecule has 0 aliphatic rings. The van der Waals surface area contributed by atoms with Gasteiger partial charge in [0.05, 0.1) is 6.61 Å². The molecule has 1 atom stereocenters. The largest absolute Gasteiger partial charge is 0.493 e. The van der Waals surface area contributed by atoms with E-state index in [1.807, 2.05) is 32.2 Å². The van der Waals surface area contributed by atoms with Crippen molar-refractivity contribution in [1.82, 2.24) is 5.32 Å². The van der Waals surface area contributed by atoms with Gasteiger partial charge in [-0.1, -0.05) is 54.6 Å². The summed E-state index contributed by atoms with van der Waals surface area (Å²) in [5, 5.41) is 3.24. The van der Waals surface area contributed by atoms with Gasteiger partial charge in [-0.25, -0.2) is 0 Å². The molecular weight excluding hydrogens is 406 g/mol. The van der Waals surface area contributed by atoms with Crippen molar-refractivity contribution in [1.29, 1.82) is 0 Å². The molecule has 0 amide bonds. The Morgan fingerprint density at radius 1 is 0.909 bits per heavy atom. The molecule has 0 fully saturated rings. The fourth-order valence-electron chi connectivity index (χ4n) is 3.94. The molecule has 0 bridgehead atoms. The summed E-state index contributed by atoms with van der Waals surface area (Å²) in [5.74, 6) is 1.78. The fraction of sp³-hybridized carbons (Fsp3) is 0.267. The van der Waals surface area contributed by atoms with Crippen LogP contribution >= 0.6 is 0 Å². The van der Waals surface area contributed by atoms with Crippen molar-refractivity contribution in [3.63, 3.8) is 0 Å². The lowest BCUT2D eigenvalue weighted by Crippen LogP contribution is -2.16. The Morgan fingerprint density at radius 2 is 1.67 bits per heavy atom. The summed E-state index contributed by atoms with van der Waals surface area (Å²) in [5.41, 5.74) is 5.70. The van der Waals surface area contributed by atoms with E-state index >= 15 is 0 Å². The summed E-state index contributed by atoms with van der Waals surface area (Å²) in [7, 11) is 1.97. The topological polar surface area (TPSA) is 30.5 Å². The molecule has 3 nitrogen and oxygen atoms in total. The molecule has 1 unspecified atom stereocenters. The molecule has 3 aromatic carbocycles. The second-order valence-electron chi connectivity index (χ2n) is 7.98. The fourth-order valence-corrected chi connectivity index (χ4v) is 3.94. The van der Waals surface area contributed by atoms with Crippen LogP contribution in [-0.2, 0) is 12.8 Å². The number of benzene rings is 3. The van der Waals surface area contributed by atoms with Crippen molar-refractivity contribution < 1.29 is 9.47 Å². The minimum atomic E-state index is -0.0250. The zero-order valence-corrected chi connectivity index (χ0v) is 19.8. The first-order valence-corrected chi connectivity index (χ1v) is 11.7. The molecule has 1 N–H and O–H groups in total. The van der Waals surface area contributed by atoms with Crippen LogP contribution in [0.4, 0.5) is 0 Å². The quantitative estimate of drug-likeness (QED) is 0.291. The smallest absolute Gasteiger partial charge is 0.127 e. The maximum atomic E-state index is 6.58. The molecule has 0 heterocycles. The van der Waals surface area contributed by atoms with Crippen molar-refractivity contribution in [3.05, 3.63) is 109 Å². The highest BCUT2D eigenvalue weighted by Gasteiger charge is 2.16. The van der Waals surface area contributed by atoms with E-state index in [-0.39, 0.29) is 6.10 Å². The van der Waals surface area contributed by atoms with E-state index in [1.54, 1.807) is 0 Å². The molecule has 172 valence electrons. The second kappa shape index (κ2) is 12.7. The molecular formula is C30H35NO2. The van der Waals surface area contributed by atoms with Gasteiger partial charge in [-0.2, -0.15) is 0 Å². The van der Waals surface area contributed by atoms with Gasteiger partial charge < -0.3 is 14.8 Å². The first-order valence-electron chi connectivity index (χ1n) is 11.7. The van der Waals surface area contributed by atoms with Crippen LogP contribution in [0, 0.1) is 0 Å². The van der Waals surface area contributed by atoms with Gasteiger partial charge >= 0.3 is 0 Å². The third kappa shape index (κ3) is 6.59. The Morgan fingerprint density at radius 3 is 2.36 bits per heavy atom. The van der Waals surface area contributed by atoms with Crippen LogP contribution in [0.25, 0.3) is 11.1 Å². The van der Waals surface area contributed by atoms with Crippen LogP contribution in [-0.4, -0.2) is 20.2 Å². The van der Waals surface area contributed by atoms with Gasteiger partial charge in [-0.3, -0.25) is 0 Å². The Hall–Kier alpha value is -3.30. The van der Waals surface area contributed by atoms with Crippen molar-refractivity contribution >= 4 is 0 Å². The van der Waals surface area contributed by atoms with Gasteiger partial charge in [0.1, 0.15) is 17.6 Å². The van der Waals surface area contributed by atoms with Gasteiger partial charge in [0, 0.05) is 12.0 Å². The maximum Gasteiger partial charge on any atom is 0.127 e. The van der Waals surface area contributed by atoms with Crippen LogP contribution in [0.1, 0.15) is 36.1 Å². The third-order valence-corrected chi connectivity index (χ3v) is 5.56. The number of allylic oxidation sites excluding steroid dienone is 2. The van der Waals surface area contributed by atoms with Crippen LogP contribution in [0.5, 0.6) is 11.5 Å². The standard InChI is InChI=1S/C30H35NO2/c1-5-11-23-15-17-30(32-7-3)27(21-23)25-16-18-28(26(22-25)12-6-2)33-29(19-20-31-4)24-13-9-8-10-14-24/h5-6,8-10,13-18,21-22,29,31H,1-2,7,11-12,19-20H2,3-4H3. The molecule has 0 aliphatic carbocycles. The number of rotatable bonds is 13. The Kier molecular flexibility index (Phi) is 9.34. The predicted octanol–water partition coefficient (Wildman–Crippen LogP) is 6.94. The Bertz CT molecular complexity index is 1040. The highest BCUT2D eigenvalue weighted by molar-refractivity contribution is 5.73. The first kappa shape index (κ1) is 24.3. The molecule has 0 saturated heterocycles. The van der Waals surface area contributed by atoms with Crippen molar-refractivity contribution in [3.8, 4) is 22.6 Å². The van der Waals surface area contributed by atoms with Crippen LogP contribution in [0.15, 0.2) is 92.0 Å². The SMILES string of the molecule is C=CCc1ccc(OCC)c(-c2ccc(OC(CCNC)c3ccccc3)c(CC=C)c2)c1. The Balaban J connectivity index is 1.99. The maximum absolute atomic E-state index is 6.58. The number of hydrogen-bond acceptors (Lipinski definition) is 3. The molecule has 0 radical (unpaired) electrons. The van der Waals surface area contributed by atoms with E-state index in [0.29, 0.717) is 6.61 Å². The van der Waals surface area contributed by atoms with Gasteiger partial charge in [0.2, 0.25) is 0 Å². The van der Waals surface area contributed by atoms with E-state index in [2.05, 4.69) is 79.1 Å². The lowest BCUT2D eigenvalue weighted by atomic mass is 9.97. The summed E-state index contributed by atoms with van der Waals surface area (Å²) < 4.78 is 12.5. The number of nitrogens with one attached hydrogen (secondary N) is 1. The van der Waals surface area contributed by atoms with E-state index in [4.69, 9.17) is 9.47 Å². The minimum Gasteiger partial charge on any atom is -0.493 e. The molecule has 0 saturated carbocycles. The molecule has 3 rings (SSSR count). The van der Waals surface area contributed by atoms with Gasteiger partial charge in [0.25, 0.3) is 0 Å². The van der Waals surface area contributed by atoms with E-state index in [1.165, 1.54) is 11.1 Å². The molecule has 0 aliphatic heterocycles. The zero-order valence-electron chi connectivity index (χ0n) is 19.8. The normalized spacial score (nSPS) is 11.6. The highest BCUT2D eigenvalue weighted by atomic mass is 16.5. The summed E-state index contributed by atoms with van der Waals surface area (Å²) >= 11 is 0. The summed E-state index contributed by atoms with van der Waals surface area (Å²) in [6.45, 7) is 11.4. The van der Waals surface area contributed by atoms with Crippen LogP contribution in [0.2, 0.25) is 0 Å². The second-order valence-corrected chi connectivity index (χ2v) is 7.98. The average Bonchev–Trinajstić information content (AvgIpc) is 2.84. The number of hydrogen-bond donors (Lipinski definition) is 1. The van der Waals surface area contributed by atoms with Gasteiger partial charge in [0.15, 0.2) is 0 Å². The van der Waals surface area contributed by atoms with Crippen LogP contribution < -0.4 is 14.8 Å². The lowest BCUT2D eigenvalue weighted by Gasteiger charge is -2.22. The van der Waals surface area contributed by atoms with E-state index < -0.39 is 0 Å². The highest BCUT2D eigenvalue weighted by Crippen LogP contribution is 2.36. The van der Waals surface area contributed by atoms with E-state index in [9.17, 15) is 0 Å². The molecule has 33 heavy (non-hydrogen) atoms. The molecule has 0 aromatic heterocycles. The van der Waals surface area contributed by atoms with Crippen LogP contribution in [0.3, 0.4) is 0 Å². The molecule has 3 heteroatoms. The monoisotopic (exact) mass is 441 g/mol. The predicted molar refractivity (Wildman–Crippen MR) is 139 cm³/mol. The van der Waals surface area contributed by atoms with Crippen molar-refractivity contribution in [2.75, 3.05) is 20.2 Å². The number of ether oxygens (including phenoxy) is 2. The lowest BCUT2D eigenvalue weighted by molar-refractivity contribution is 0.193. The summed E-state index contributed by atoms with van der Waals surface area (Å²) in [4.78, 5) is 0.